The zero-order valence-corrected chi connectivity index (χ0v) is 14.8. The van der Waals surface area contributed by atoms with E-state index in [1.165, 1.54) is 0 Å². The van der Waals surface area contributed by atoms with Gasteiger partial charge in [0, 0.05) is 37.9 Å². The molecule has 1 aromatic carbocycles. The molecule has 0 aliphatic carbocycles. The van der Waals surface area contributed by atoms with Crippen LogP contribution in [0.25, 0.3) is 0 Å². The second kappa shape index (κ2) is 7.72. The van der Waals surface area contributed by atoms with Crippen LogP contribution in [-0.4, -0.2) is 48.4 Å². The molecule has 1 fully saturated rings. The number of benzene rings is 1. The molecule has 2 aromatic rings. The molecule has 1 N–H and O–H groups in total. The number of para-hydroxylation sites is 1. The van der Waals surface area contributed by atoms with Gasteiger partial charge in [0.25, 0.3) is 5.91 Å². The lowest BCUT2D eigenvalue weighted by Gasteiger charge is -2.33. The van der Waals surface area contributed by atoms with Crippen molar-refractivity contribution in [2.75, 3.05) is 36.4 Å². The van der Waals surface area contributed by atoms with Crippen molar-refractivity contribution in [3.05, 3.63) is 52.1 Å². The summed E-state index contributed by atoms with van der Waals surface area (Å²) in [4.78, 5) is 31.4. The number of aromatic nitrogens is 1. The van der Waals surface area contributed by atoms with E-state index in [1.54, 1.807) is 41.4 Å². The highest BCUT2D eigenvalue weighted by Gasteiger charge is 2.18. The van der Waals surface area contributed by atoms with Crippen LogP contribution in [0.1, 0.15) is 10.4 Å². The molecule has 1 aliphatic heterocycles. The van der Waals surface area contributed by atoms with Crippen molar-refractivity contribution in [1.29, 1.82) is 0 Å². The van der Waals surface area contributed by atoms with Crippen molar-refractivity contribution >= 4 is 47.0 Å². The molecular formula is C17H16Cl2N4O2. The first-order valence-electron chi connectivity index (χ1n) is 7.74. The zero-order valence-electron chi connectivity index (χ0n) is 13.3. The number of rotatable bonds is 4. The molecule has 0 atom stereocenters. The third kappa shape index (κ3) is 4.03. The van der Waals surface area contributed by atoms with Crippen molar-refractivity contribution in [2.24, 2.45) is 0 Å². The van der Waals surface area contributed by atoms with E-state index in [0.717, 1.165) is 6.41 Å². The maximum Gasteiger partial charge on any atom is 0.255 e. The molecule has 1 aliphatic rings. The first kappa shape index (κ1) is 17.5. The van der Waals surface area contributed by atoms with Crippen LogP contribution >= 0.6 is 23.2 Å². The van der Waals surface area contributed by atoms with Gasteiger partial charge in [0.05, 0.1) is 15.7 Å². The normalized spacial score (nSPS) is 14.3. The SMILES string of the molecule is O=CN1CCN(c2cc(C(=O)Nc3c(Cl)cccc3Cl)ccn2)CC1. The Hall–Kier alpha value is -2.31. The van der Waals surface area contributed by atoms with Crippen LogP contribution in [-0.2, 0) is 4.79 Å². The predicted octanol–water partition coefficient (Wildman–Crippen LogP) is 2.92. The summed E-state index contributed by atoms with van der Waals surface area (Å²) in [7, 11) is 0. The van der Waals surface area contributed by atoms with E-state index < -0.39 is 0 Å². The summed E-state index contributed by atoms with van der Waals surface area (Å²) >= 11 is 12.2. The number of anilines is 2. The molecule has 0 saturated carbocycles. The Morgan fingerprint density at radius 2 is 1.80 bits per heavy atom. The molecule has 8 heteroatoms. The second-order valence-electron chi connectivity index (χ2n) is 5.58. The van der Waals surface area contributed by atoms with Gasteiger partial charge >= 0.3 is 0 Å². The maximum absolute atomic E-state index is 12.5. The van der Waals surface area contributed by atoms with Gasteiger partial charge in [0.15, 0.2) is 0 Å². The summed E-state index contributed by atoms with van der Waals surface area (Å²) in [5.74, 6) is 0.383. The lowest BCUT2D eigenvalue weighted by Crippen LogP contribution is -2.46. The number of piperazine rings is 1. The predicted molar refractivity (Wildman–Crippen MR) is 98.5 cm³/mol. The first-order chi connectivity index (χ1) is 12.1. The Kier molecular flexibility index (Phi) is 5.40. The van der Waals surface area contributed by atoms with E-state index in [9.17, 15) is 9.59 Å². The quantitative estimate of drug-likeness (QED) is 0.830. The molecule has 2 heterocycles. The average Bonchev–Trinajstić information content (AvgIpc) is 2.65. The monoisotopic (exact) mass is 378 g/mol. The number of pyridine rings is 1. The Morgan fingerprint density at radius 3 is 2.44 bits per heavy atom. The molecule has 1 aromatic heterocycles. The first-order valence-corrected chi connectivity index (χ1v) is 8.50. The Balaban J connectivity index is 1.75. The second-order valence-corrected chi connectivity index (χ2v) is 6.40. The summed E-state index contributed by atoms with van der Waals surface area (Å²) in [5, 5.41) is 3.49. The van der Waals surface area contributed by atoms with Gasteiger partial charge < -0.3 is 15.1 Å². The third-order valence-corrected chi connectivity index (χ3v) is 4.63. The molecule has 0 radical (unpaired) electrons. The van der Waals surface area contributed by atoms with E-state index in [-0.39, 0.29) is 5.91 Å². The smallest absolute Gasteiger partial charge is 0.255 e. The zero-order chi connectivity index (χ0) is 17.8. The van der Waals surface area contributed by atoms with Crippen LogP contribution in [0, 0.1) is 0 Å². The Morgan fingerprint density at radius 1 is 1.12 bits per heavy atom. The molecule has 2 amide bonds. The Labute approximate surface area is 155 Å². The van der Waals surface area contributed by atoms with Crippen molar-refractivity contribution in [3.8, 4) is 0 Å². The molecule has 6 nitrogen and oxygen atoms in total. The summed E-state index contributed by atoms with van der Waals surface area (Å²) in [5.41, 5.74) is 0.840. The number of carbonyl (C=O) groups excluding carboxylic acids is 2. The number of nitrogens with zero attached hydrogens (tertiary/aromatic N) is 3. The van der Waals surface area contributed by atoms with Crippen LogP contribution in [0.15, 0.2) is 36.5 Å². The minimum Gasteiger partial charge on any atom is -0.353 e. The fourth-order valence-electron chi connectivity index (χ4n) is 2.59. The standard InChI is InChI=1S/C17H16Cl2N4O2/c18-13-2-1-3-14(19)16(13)21-17(25)12-4-5-20-15(10-12)23-8-6-22(11-24)7-9-23/h1-5,10-11H,6-9H2,(H,21,25). The number of hydrogen-bond donors (Lipinski definition) is 1. The lowest BCUT2D eigenvalue weighted by atomic mass is 10.2. The van der Waals surface area contributed by atoms with Crippen molar-refractivity contribution in [3.63, 3.8) is 0 Å². The maximum atomic E-state index is 12.5. The summed E-state index contributed by atoms with van der Waals surface area (Å²) in [6.45, 7) is 2.62. The number of nitrogens with one attached hydrogen (secondary N) is 1. The highest BCUT2D eigenvalue weighted by atomic mass is 35.5. The molecular weight excluding hydrogens is 363 g/mol. The number of amides is 2. The van der Waals surface area contributed by atoms with E-state index in [0.29, 0.717) is 53.3 Å². The van der Waals surface area contributed by atoms with Gasteiger partial charge in [0.1, 0.15) is 5.82 Å². The van der Waals surface area contributed by atoms with Gasteiger partial charge in [-0.15, -0.1) is 0 Å². The van der Waals surface area contributed by atoms with Crippen molar-refractivity contribution < 1.29 is 9.59 Å². The van der Waals surface area contributed by atoms with E-state index in [2.05, 4.69) is 10.3 Å². The minimum absolute atomic E-state index is 0.315. The van der Waals surface area contributed by atoms with Crippen molar-refractivity contribution in [2.45, 2.75) is 0 Å². The van der Waals surface area contributed by atoms with Crippen LogP contribution in [0.3, 0.4) is 0 Å². The number of hydrogen-bond acceptors (Lipinski definition) is 4. The van der Waals surface area contributed by atoms with Crippen LogP contribution in [0.4, 0.5) is 11.5 Å². The van der Waals surface area contributed by atoms with E-state index >= 15 is 0 Å². The van der Waals surface area contributed by atoms with Gasteiger partial charge in [-0.25, -0.2) is 4.98 Å². The van der Waals surface area contributed by atoms with Gasteiger partial charge in [-0.1, -0.05) is 29.3 Å². The fourth-order valence-corrected chi connectivity index (χ4v) is 3.08. The lowest BCUT2D eigenvalue weighted by molar-refractivity contribution is -0.118. The fraction of sp³-hybridized carbons (Fsp3) is 0.235. The molecule has 130 valence electrons. The molecule has 1 saturated heterocycles. The summed E-state index contributed by atoms with van der Waals surface area (Å²) < 4.78 is 0. The van der Waals surface area contributed by atoms with Gasteiger partial charge in [0.2, 0.25) is 6.41 Å². The highest BCUT2D eigenvalue weighted by molar-refractivity contribution is 6.40. The minimum atomic E-state index is -0.315. The van der Waals surface area contributed by atoms with E-state index in [1.807, 2.05) is 4.90 Å². The average molecular weight is 379 g/mol. The highest BCUT2D eigenvalue weighted by Crippen LogP contribution is 2.30. The van der Waals surface area contributed by atoms with Gasteiger partial charge in [-0.05, 0) is 24.3 Å². The van der Waals surface area contributed by atoms with Crippen LogP contribution in [0.5, 0.6) is 0 Å². The molecule has 3 rings (SSSR count). The molecule has 25 heavy (non-hydrogen) atoms. The molecule has 0 unspecified atom stereocenters. The Bertz CT molecular complexity index is 772. The molecule has 0 spiro atoms. The van der Waals surface area contributed by atoms with Crippen LogP contribution in [0.2, 0.25) is 10.0 Å². The van der Waals surface area contributed by atoms with E-state index in [4.69, 9.17) is 23.2 Å². The van der Waals surface area contributed by atoms with Gasteiger partial charge in [-0.3, -0.25) is 9.59 Å². The summed E-state index contributed by atoms with van der Waals surface area (Å²) in [6.07, 6.45) is 2.44. The van der Waals surface area contributed by atoms with Crippen LogP contribution < -0.4 is 10.2 Å². The number of halogens is 2. The number of carbonyl (C=O) groups is 2. The van der Waals surface area contributed by atoms with Crippen molar-refractivity contribution in [1.82, 2.24) is 9.88 Å². The largest absolute Gasteiger partial charge is 0.353 e. The van der Waals surface area contributed by atoms with Gasteiger partial charge in [-0.2, -0.15) is 0 Å². The molecule has 0 bridgehead atoms. The topological polar surface area (TPSA) is 65.5 Å². The third-order valence-electron chi connectivity index (χ3n) is 4.00. The summed E-state index contributed by atoms with van der Waals surface area (Å²) in [6, 6.07) is 8.38.